The Morgan fingerprint density at radius 1 is 0.331 bits per heavy atom. The van der Waals surface area contributed by atoms with E-state index in [0.29, 0.717) is 152 Å². The zero-order chi connectivity index (χ0) is 89.1. The fraction of sp³-hybridized carbons (Fsp3) is 0.677. The van der Waals surface area contributed by atoms with Crippen LogP contribution in [0.3, 0.4) is 0 Å². The van der Waals surface area contributed by atoms with Gasteiger partial charge in [-0.2, -0.15) is 0 Å². The summed E-state index contributed by atoms with van der Waals surface area (Å²) in [5, 5.41) is 56.2. The van der Waals surface area contributed by atoms with E-state index in [-0.39, 0.29) is 94.8 Å². The highest BCUT2D eigenvalue weighted by molar-refractivity contribution is 9.09. The Kier molecular flexibility index (Phi) is 62.5. The van der Waals surface area contributed by atoms with Gasteiger partial charge in [0.15, 0.2) is 0 Å². The average Bonchev–Trinajstić information content (AvgIpc) is 1.02. The maximum absolute atomic E-state index is 13.9. The normalized spacial score (nSPS) is 14.2. The van der Waals surface area contributed by atoms with Gasteiger partial charge in [0.25, 0.3) is 0 Å². The lowest BCUT2D eigenvalue weighted by Gasteiger charge is -2.37. The average molecular weight is 2230 g/mol. The lowest BCUT2D eigenvalue weighted by molar-refractivity contribution is -0.402. The third-order valence-electron chi connectivity index (χ3n) is 15.2. The van der Waals surface area contributed by atoms with Gasteiger partial charge in [-0.1, -0.05) is 132 Å². The van der Waals surface area contributed by atoms with Gasteiger partial charge < -0.3 is 22.4 Å². The van der Waals surface area contributed by atoms with Crippen LogP contribution in [-0.4, -0.2) is 229 Å². The molecule has 37 nitrogen and oxygen atoms in total. The third kappa shape index (κ3) is 41.5. The second-order valence-electron chi connectivity index (χ2n) is 23.7. The van der Waals surface area contributed by atoms with Gasteiger partial charge >= 0.3 is 65.1 Å². The first-order valence-corrected chi connectivity index (χ1v) is 54.8. The molecule has 0 fully saturated rings. The number of alkyl halides is 11. The van der Waals surface area contributed by atoms with Crippen molar-refractivity contribution in [2.24, 2.45) is 11.0 Å². The number of hydrogen-bond donors (Lipinski definition) is 2. The topological polar surface area (TPSA) is 451 Å². The molecule has 0 spiro atoms. The summed E-state index contributed by atoms with van der Waals surface area (Å²) < 4.78 is 118. The van der Waals surface area contributed by atoms with E-state index in [4.69, 9.17) is 124 Å². The fourth-order valence-corrected chi connectivity index (χ4v) is 27.7. The van der Waals surface area contributed by atoms with Crippen LogP contribution in [0.5, 0.6) is 0 Å². The molecule has 5 heterocycles. The summed E-state index contributed by atoms with van der Waals surface area (Å²) in [6.07, 6.45) is 3.91. The van der Waals surface area contributed by atoms with Crippen LogP contribution >= 0.6 is 217 Å². The molecule has 0 saturated heterocycles. The summed E-state index contributed by atoms with van der Waals surface area (Å²) in [6.45, 7) is 16.9. The van der Waals surface area contributed by atoms with Crippen molar-refractivity contribution >= 4 is 244 Å². The van der Waals surface area contributed by atoms with E-state index in [9.17, 15) is 73.4 Å². The predicted molar refractivity (Wildman–Crippen MR) is 488 cm³/mol. The molecule has 0 radical (unpaired) electrons. The minimum Gasteiger partial charge on any atom is -0.403 e. The Hall–Kier alpha value is -0.840. The number of nitro groups is 5. The van der Waals surface area contributed by atoms with Crippen LogP contribution in [0.25, 0.3) is 0 Å². The Bertz CT molecular complexity index is 3510. The second kappa shape index (κ2) is 64.0. The highest BCUT2D eigenvalue weighted by atomic mass is 79.9. The highest BCUT2D eigenvalue weighted by Crippen LogP contribution is 2.58. The van der Waals surface area contributed by atoms with E-state index in [0.717, 1.165) is 66.1 Å². The van der Waals surface area contributed by atoms with Gasteiger partial charge in [-0.3, -0.25) is 82.4 Å². The molecule has 56 heteroatoms. The van der Waals surface area contributed by atoms with E-state index >= 15 is 0 Å². The fourth-order valence-electron chi connectivity index (χ4n) is 9.99. The summed E-state index contributed by atoms with van der Waals surface area (Å²) in [6, 6.07) is 14.3. The first kappa shape index (κ1) is 115. The van der Waals surface area contributed by atoms with E-state index in [2.05, 4.69) is 63.7 Å². The number of nitrogens with zero attached hydrogens (tertiary/aromatic N) is 13. The lowest BCUT2D eigenvalue weighted by Crippen LogP contribution is -2.36. The molecule has 0 amide bonds. The van der Waals surface area contributed by atoms with Gasteiger partial charge in [0.05, 0.1) is 46.7 Å². The third-order valence-corrected chi connectivity index (χ3v) is 32.2. The SMILES string of the molecule is CCCN(CCBr)P(=O)(OCc1ccc([N+](=O)[O-])s1)N(CCBr)CCBr.CCCN(CCBr)P(N)(=O)OCc1ccc([N+](=O)[O-])o1.CCCN(CCCl)P(=O)(OCc1ccc([N+](=O)[O-])o1)N(CCCl)CCCl.CCCN(CCCl)P(=O)(OCc1ccc([N+](=O)[O-])s1)N(CCCl)CCCl.CCCN(CCCl)P(N)(=O)OCc1ccc([N+](=O)[O-])s1. The zero-order valence-electron chi connectivity index (χ0n) is 65.5. The quantitative estimate of drug-likeness (QED) is 0.0158. The molecular formula is C62H103Br4Cl7N15O22P5S3. The molecule has 0 bridgehead atoms. The van der Waals surface area contributed by atoms with E-state index in [1.807, 2.05) is 44.0 Å². The van der Waals surface area contributed by atoms with Crippen molar-refractivity contribution in [1.29, 1.82) is 0 Å². The van der Waals surface area contributed by atoms with Crippen LogP contribution in [0.15, 0.2) is 69.5 Å². The Balaban J connectivity index is 0.000000741. The van der Waals surface area contributed by atoms with Crippen LogP contribution in [0, 0.1) is 50.6 Å². The van der Waals surface area contributed by atoms with Crippen molar-refractivity contribution < 1.29 is 78.9 Å². The summed E-state index contributed by atoms with van der Waals surface area (Å²) in [5.41, 5.74) is 11.4. The Morgan fingerprint density at radius 3 is 0.805 bits per heavy atom. The monoisotopic (exact) mass is 2220 g/mol. The molecule has 5 rings (SSSR count). The predicted octanol–water partition coefficient (Wildman–Crippen LogP) is 21.1. The standard InChI is InChI=1S/C14H23Br3N3O4PS.C14H23Cl3N3O5P.C14H23Cl3N3O4PS.C10H17BrN3O5P.C10H17ClN3O4PS/c1-2-8-18(9-5-15)25(23,19(10-6-16)11-7-17)24-12-13-3-4-14(26-13)20(21)22;1-2-8-18(9-5-15)26(23,19(10-6-16)11-7-17)24-12-13-3-4-14(25-13)20(21)22;1-2-8-18(9-5-15)25(23,19(10-6-16)11-7-17)24-12-13-3-4-14(26-13)20(21)22;1-2-6-13(7-5-11)20(12,17)18-8-9-3-4-10(19-9)14(15)16;1-2-6-13(7-5-11)19(12,17)18-8-9-3-4-10(20-9)14(15)16/h3*3-4H,2,5-12H2,1H3;2*3-4H,2,5-8H2,1H3,(H2,12,17). The molecule has 0 saturated carbocycles. The number of hydrogen-bond acceptors (Lipinski definition) is 25. The first-order chi connectivity index (χ1) is 56.1. The minimum absolute atomic E-state index is 0.000639. The van der Waals surface area contributed by atoms with Crippen molar-refractivity contribution in [3.8, 4) is 0 Å². The summed E-state index contributed by atoms with van der Waals surface area (Å²) in [5.74, 6) is 1.54. The lowest BCUT2D eigenvalue weighted by atomic mass is 10.5. The first-order valence-electron chi connectivity index (χ1n) is 36.2. The van der Waals surface area contributed by atoms with Crippen molar-refractivity contribution in [3.63, 3.8) is 0 Å². The summed E-state index contributed by atoms with van der Waals surface area (Å²) >= 11 is 57.4. The van der Waals surface area contributed by atoms with Gasteiger partial charge in [0.1, 0.15) is 34.6 Å². The van der Waals surface area contributed by atoms with Gasteiger partial charge in [0.2, 0.25) is 0 Å². The van der Waals surface area contributed by atoms with Crippen LogP contribution in [0.4, 0.5) is 26.8 Å². The molecular weight excluding hydrogens is 2130 g/mol. The van der Waals surface area contributed by atoms with Crippen molar-refractivity contribution in [3.05, 3.63) is 137 Å². The van der Waals surface area contributed by atoms with Crippen LogP contribution < -0.4 is 11.0 Å². The number of nitrogens with two attached hydrogens (primary N) is 2. The van der Waals surface area contributed by atoms with Crippen molar-refractivity contribution in [2.45, 2.75) is 99.8 Å². The maximum Gasteiger partial charge on any atom is 0.433 e. The number of furan rings is 2. The van der Waals surface area contributed by atoms with E-state index < -0.39 is 68.9 Å². The van der Waals surface area contributed by atoms with Crippen molar-refractivity contribution in [2.75, 3.05) is 167 Å². The van der Waals surface area contributed by atoms with Crippen molar-refractivity contribution in [1.82, 2.24) is 37.4 Å². The van der Waals surface area contributed by atoms with Gasteiger partial charge in [0, 0.05) is 200 Å². The molecule has 118 heavy (non-hydrogen) atoms. The van der Waals surface area contributed by atoms with Crippen LogP contribution in [0.2, 0.25) is 0 Å². The number of halogens is 11. The number of rotatable bonds is 60. The highest BCUT2D eigenvalue weighted by Gasteiger charge is 2.42. The Labute approximate surface area is 768 Å². The molecule has 0 aliphatic rings. The van der Waals surface area contributed by atoms with E-state index in [1.54, 1.807) is 41.6 Å². The smallest absolute Gasteiger partial charge is 0.403 e. The van der Waals surface area contributed by atoms with Gasteiger partial charge in [-0.05, 0) is 62.4 Å². The molecule has 0 aliphatic carbocycles. The zero-order valence-corrected chi connectivity index (χ0v) is 84.1. The number of thiophene rings is 3. The van der Waals surface area contributed by atoms with Gasteiger partial charge in [-0.25, -0.2) is 48.4 Å². The summed E-state index contributed by atoms with van der Waals surface area (Å²) in [7, 11) is -17.1. The Morgan fingerprint density at radius 2 is 0.551 bits per heavy atom. The second-order valence-corrected chi connectivity index (χ2v) is 43.9. The molecule has 5 aromatic rings. The molecule has 0 aliphatic heterocycles. The van der Waals surface area contributed by atoms with E-state index in [1.165, 1.54) is 47.1 Å². The molecule has 5 aromatic heterocycles. The summed E-state index contributed by atoms with van der Waals surface area (Å²) in [4.78, 5) is 52.7. The molecule has 678 valence electrons. The molecule has 0 aromatic carbocycles. The maximum atomic E-state index is 13.9. The largest absolute Gasteiger partial charge is 0.433 e. The molecule has 5 unspecified atom stereocenters. The molecule has 5 atom stereocenters. The minimum atomic E-state index is -3.50. The van der Waals surface area contributed by atoms with Crippen LogP contribution in [-0.2, 0) is 78.5 Å². The van der Waals surface area contributed by atoms with Gasteiger partial charge in [-0.15, -0.1) is 81.2 Å². The molecule has 4 N–H and O–H groups in total. The van der Waals surface area contributed by atoms with Crippen LogP contribution in [0.1, 0.15) is 92.9 Å².